The van der Waals surface area contributed by atoms with Crippen LogP contribution < -0.4 is 10.1 Å². The van der Waals surface area contributed by atoms with Gasteiger partial charge in [-0.25, -0.2) is 0 Å². The summed E-state index contributed by atoms with van der Waals surface area (Å²) in [6.45, 7) is 0. The average Bonchev–Trinajstić information content (AvgIpc) is 2.82. The van der Waals surface area contributed by atoms with E-state index in [2.05, 4.69) is 5.32 Å². The van der Waals surface area contributed by atoms with E-state index in [0.29, 0.717) is 16.9 Å². The van der Waals surface area contributed by atoms with Crippen molar-refractivity contribution in [1.29, 1.82) is 0 Å². The van der Waals surface area contributed by atoms with Gasteiger partial charge < -0.3 is 10.1 Å². The zero-order valence-corrected chi connectivity index (χ0v) is 12.1. The van der Waals surface area contributed by atoms with Crippen LogP contribution in [0.3, 0.4) is 0 Å². The molecule has 118 valence electrons. The Morgan fingerprint density at radius 1 is 1.09 bits per heavy atom. The lowest BCUT2D eigenvalue weighted by Gasteiger charge is -2.08. The number of hydrogen-bond acceptors (Lipinski definition) is 2. The lowest BCUT2D eigenvalue weighted by atomic mass is 10.0. The molecule has 1 heterocycles. The number of carbonyl (C=O) groups is 1. The highest BCUT2D eigenvalue weighted by molar-refractivity contribution is 6.34. The Morgan fingerprint density at radius 2 is 1.78 bits per heavy atom. The van der Waals surface area contributed by atoms with Crippen LogP contribution in [0.15, 0.2) is 42.5 Å². The Labute approximate surface area is 130 Å². The van der Waals surface area contributed by atoms with Gasteiger partial charge in [-0.2, -0.15) is 13.2 Å². The summed E-state index contributed by atoms with van der Waals surface area (Å²) in [6.07, 6.45) is -2.81. The molecule has 2 aromatic rings. The molecular formula is C17H12F3NO2. The first-order valence-electron chi connectivity index (χ1n) is 6.77. The van der Waals surface area contributed by atoms with Crippen molar-refractivity contribution in [1.82, 2.24) is 0 Å². The minimum absolute atomic E-state index is 0.171. The maximum atomic E-state index is 12.7. The molecule has 0 spiro atoms. The molecule has 1 aliphatic rings. The first kappa shape index (κ1) is 15.1. The predicted octanol–water partition coefficient (Wildman–Crippen LogP) is 4.21. The van der Waals surface area contributed by atoms with Crippen molar-refractivity contribution in [2.24, 2.45) is 0 Å². The van der Waals surface area contributed by atoms with Crippen molar-refractivity contribution in [3.05, 3.63) is 59.2 Å². The van der Waals surface area contributed by atoms with E-state index < -0.39 is 17.6 Å². The Hall–Kier alpha value is -2.76. The monoisotopic (exact) mass is 319 g/mol. The lowest BCUT2D eigenvalue weighted by Crippen LogP contribution is -2.06. The number of carbonyl (C=O) groups excluding carboxylic acids is 1. The molecule has 23 heavy (non-hydrogen) atoms. The zero-order valence-electron chi connectivity index (χ0n) is 12.1. The third-order valence-corrected chi connectivity index (χ3v) is 3.56. The second kappa shape index (κ2) is 5.46. The van der Waals surface area contributed by atoms with E-state index in [-0.39, 0.29) is 5.69 Å². The number of rotatable bonds is 2. The van der Waals surface area contributed by atoms with Crippen LogP contribution >= 0.6 is 0 Å². The van der Waals surface area contributed by atoms with E-state index in [1.165, 1.54) is 6.07 Å². The van der Waals surface area contributed by atoms with Crippen molar-refractivity contribution < 1.29 is 22.7 Å². The van der Waals surface area contributed by atoms with Gasteiger partial charge >= 0.3 is 6.18 Å². The highest BCUT2D eigenvalue weighted by Gasteiger charge is 2.33. The molecule has 0 saturated carbocycles. The molecule has 3 nitrogen and oxygen atoms in total. The van der Waals surface area contributed by atoms with E-state index in [1.54, 1.807) is 37.5 Å². The summed E-state index contributed by atoms with van der Waals surface area (Å²) >= 11 is 0. The van der Waals surface area contributed by atoms with Crippen molar-refractivity contribution >= 4 is 23.2 Å². The van der Waals surface area contributed by atoms with Crippen LogP contribution in [0.5, 0.6) is 5.75 Å². The zero-order chi connectivity index (χ0) is 16.6. The number of methoxy groups -OCH3 is 1. The number of hydrogen-bond donors (Lipinski definition) is 1. The van der Waals surface area contributed by atoms with Crippen LogP contribution in [0.1, 0.15) is 16.7 Å². The van der Waals surface area contributed by atoms with Gasteiger partial charge in [0.15, 0.2) is 0 Å². The first-order valence-corrected chi connectivity index (χ1v) is 6.77. The van der Waals surface area contributed by atoms with Crippen LogP contribution in [0.4, 0.5) is 18.9 Å². The predicted molar refractivity (Wildman–Crippen MR) is 80.9 cm³/mol. The minimum Gasteiger partial charge on any atom is -0.497 e. The van der Waals surface area contributed by atoms with Gasteiger partial charge in [0, 0.05) is 16.8 Å². The van der Waals surface area contributed by atoms with Crippen LogP contribution in [0.25, 0.3) is 11.6 Å². The molecule has 1 aliphatic heterocycles. The van der Waals surface area contributed by atoms with Gasteiger partial charge in [-0.1, -0.05) is 18.2 Å². The third-order valence-electron chi connectivity index (χ3n) is 3.56. The average molecular weight is 319 g/mol. The Kier molecular flexibility index (Phi) is 3.60. The van der Waals surface area contributed by atoms with Crippen LogP contribution in [-0.2, 0) is 11.0 Å². The summed E-state index contributed by atoms with van der Waals surface area (Å²) < 4.78 is 43.2. The van der Waals surface area contributed by atoms with Gasteiger partial charge in [0.1, 0.15) is 5.75 Å². The molecular weight excluding hydrogens is 307 g/mol. The van der Waals surface area contributed by atoms with Crippen molar-refractivity contribution in [3.8, 4) is 5.75 Å². The summed E-state index contributed by atoms with van der Waals surface area (Å²) in [5, 5.41) is 2.47. The normalized spacial score (nSPS) is 15.5. The number of ether oxygens (including phenoxy) is 1. The Bertz CT molecular complexity index is 792. The summed E-state index contributed by atoms with van der Waals surface area (Å²) in [7, 11) is 1.55. The highest BCUT2D eigenvalue weighted by atomic mass is 19.4. The number of benzene rings is 2. The standard InChI is InChI=1S/C17H12F3NO2/c1-23-12-5-2-10(3-6-12)8-14-13-7-4-11(17(18,19)20)9-15(13)21-16(14)22/h2-9H,1H3,(H,21,22)/b14-8+. The number of nitrogens with one attached hydrogen (secondary N) is 1. The Morgan fingerprint density at radius 3 is 2.39 bits per heavy atom. The molecule has 6 heteroatoms. The SMILES string of the molecule is COc1ccc(/C=C2/C(=O)Nc3cc(C(F)(F)F)ccc32)cc1. The quantitative estimate of drug-likeness (QED) is 0.842. The van der Waals surface area contributed by atoms with Gasteiger partial charge in [-0.05, 0) is 35.9 Å². The van der Waals surface area contributed by atoms with Crippen LogP contribution in [0, 0.1) is 0 Å². The van der Waals surface area contributed by atoms with E-state index in [0.717, 1.165) is 17.7 Å². The number of halogens is 3. The number of fused-ring (bicyclic) bond motifs is 1. The molecule has 0 aliphatic carbocycles. The largest absolute Gasteiger partial charge is 0.497 e. The van der Waals surface area contributed by atoms with Crippen LogP contribution in [-0.4, -0.2) is 13.0 Å². The molecule has 2 aromatic carbocycles. The van der Waals surface area contributed by atoms with Crippen molar-refractivity contribution in [2.75, 3.05) is 12.4 Å². The van der Waals surface area contributed by atoms with Crippen molar-refractivity contribution in [3.63, 3.8) is 0 Å². The molecule has 1 N–H and O–H groups in total. The summed E-state index contributed by atoms with van der Waals surface area (Å²) in [4.78, 5) is 12.0. The minimum atomic E-state index is -4.44. The highest BCUT2D eigenvalue weighted by Crippen LogP contribution is 2.38. The molecule has 0 atom stereocenters. The number of amides is 1. The fraction of sp³-hybridized carbons (Fsp3) is 0.118. The van der Waals surface area contributed by atoms with E-state index in [4.69, 9.17) is 4.74 Å². The molecule has 0 radical (unpaired) electrons. The first-order chi connectivity index (χ1) is 10.9. The summed E-state index contributed by atoms with van der Waals surface area (Å²) in [5.74, 6) is 0.258. The van der Waals surface area contributed by atoms with Gasteiger partial charge in [0.25, 0.3) is 5.91 Å². The molecule has 0 bridgehead atoms. The van der Waals surface area contributed by atoms with Crippen LogP contribution in [0.2, 0.25) is 0 Å². The fourth-order valence-corrected chi connectivity index (χ4v) is 2.38. The van der Waals surface area contributed by atoms with Gasteiger partial charge in [-0.15, -0.1) is 0 Å². The van der Waals surface area contributed by atoms with Gasteiger partial charge in [0.05, 0.1) is 12.7 Å². The maximum Gasteiger partial charge on any atom is 0.416 e. The summed E-state index contributed by atoms with van der Waals surface area (Å²) in [5.41, 5.74) is 0.924. The second-order valence-corrected chi connectivity index (χ2v) is 5.04. The molecule has 0 fully saturated rings. The smallest absolute Gasteiger partial charge is 0.416 e. The third kappa shape index (κ3) is 2.92. The molecule has 0 saturated heterocycles. The van der Waals surface area contributed by atoms with E-state index in [1.807, 2.05) is 0 Å². The fourth-order valence-electron chi connectivity index (χ4n) is 2.38. The van der Waals surface area contributed by atoms with Crippen molar-refractivity contribution in [2.45, 2.75) is 6.18 Å². The topological polar surface area (TPSA) is 38.3 Å². The summed E-state index contributed by atoms with van der Waals surface area (Å²) in [6, 6.07) is 10.2. The molecule has 3 rings (SSSR count). The number of alkyl halides is 3. The lowest BCUT2D eigenvalue weighted by molar-refractivity contribution is -0.137. The van der Waals surface area contributed by atoms with E-state index >= 15 is 0 Å². The van der Waals surface area contributed by atoms with E-state index in [9.17, 15) is 18.0 Å². The van der Waals surface area contributed by atoms with Gasteiger partial charge in [-0.3, -0.25) is 4.79 Å². The number of anilines is 1. The molecule has 1 amide bonds. The van der Waals surface area contributed by atoms with Gasteiger partial charge in [0.2, 0.25) is 0 Å². The maximum absolute atomic E-state index is 12.7. The molecule has 0 aromatic heterocycles. The molecule has 0 unspecified atom stereocenters. The second-order valence-electron chi connectivity index (χ2n) is 5.04. The Balaban J connectivity index is 1.99.